The fourth-order valence-corrected chi connectivity index (χ4v) is 4.03. The van der Waals surface area contributed by atoms with E-state index in [1.807, 2.05) is 38.1 Å². The van der Waals surface area contributed by atoms with E-state index in [9.17, 15) is 14.7 Å². The Morgan fingerprint density at radius 2 is 1.56 bits per heavy atom. The van der Waals surface area contributed by atoms with Crippen molar-refractivity contribution < 1.29 is 14.7 Å². The molecule has 1 unspecified atom stereocenters. The number of carbonyl (C=O) groups is 2. The molecule has 1 amide bonds. The molecule has 0 aliphatic heterocycles. The summed E-state index contributed by atoms with van der Waals surface area (Å²) in [5.41, 5.74) is 4.04. The molecule has 0 fully saturated rings. The average Bonchev–Trinajstić information content (AvgIpc) is 2.73. The largest absolute Gasteiger partial charge is 0.478 e. The van der Waals surface area contributed by atoms with Crippen molar-refractivity contribution in [2.24, 2.45) is 0 Å². The van der Waals surface area contributed by atoms with Crippen molar-refractivity contribution >= 4 is 23.5 Å². The number of amides is 1. The summed E-state index contributed by atoms with van der Waals surface area (Å²) in [6, 6.07) is 17.3. The van der Waals surface area contributed by atoms with Crippen LogP contribution in [-0.2, 0) is 16.0 Å². The van der Waals surface area contributed by atoms with E-state index in [0.717, 1.165) is 24.8 Å². The van der Waals surface area contributed by atoms with E-state index in [-0.39, 0.29) is 11.5 Å². The standard InChI is InChI=1S/C27H32ClNO3/c1-18(2)23(26(30)29-16-9-8-13-20-11-6-5-7-12-20)25(24(19(3)4)27(31)32)21-14-10-15-22(28)17-21/h5-7,10-12,14-15,17,25H,8-9,13,16H2,1-4H3,(H,29,30)(H,31,32). The predicted octanol–water partition coefficient (Wildman–Crippen LogP) is 6.32. The molecule has 0 saturated carbocycles. The van der Waals surface area contributed by atoms with Gasteiger partial charge in [0.2, 0.25) is 5.91 Å². The van der Waals surface area contributed by atoms with Gasteiger partial charge in [0, 0.05) is 28.6 Å². The third-order valence-electron chi connectivity index (χ3n) is 5.33. The zero-order valence-corrected chi connectivity index (χ0v) is 20.0. The minimum Gasteiger partial charge on any atom is -0.478 e. The molecule has 32 heavy (non-hydrogen) atoms. The normalized spacial score (nSPS) is 11.4. The highest BCUT2D eigenvalue weighted by atomic mass is 35.5. The highest BCUT2D eigenvalue weighted by Gasteiger charge is 2.31. The minimum absolute atomic E-state index is 0.197. The number of aliphatic carboxylic acids is 1. The summed E-state index contributed by atoms with van der Waals surface area (Å²) in [4.78, 5) is 25.4. The lowest BCUT2D eigenvalue weighted by molar-refractivity contribution is -0.132. The van der Waals surface area contributed by atoms with Gasteiger partial charge >= 0.3 is 5.97 Å². The first kappa shape index (κ1) is 25.4. The van der Waals surface area contributed by atoms with Gasteiger partial charge in [-0.25, -0.2) is 4.79 Å². The molecule has 0 spiro atoms. The van der Waals surface area contributed by atoms with Crippen LogP contribution in [-0.4, -0.2) is 23.5 Å². The van der Waals surface area contributed by atoms with E-state index < -0.39 is 11.9 Å². The van der Waals surface area contributed by atoms with Crippen molar-refractivity contribution in [3.8, 4) is 0 Å². The molecule has 0 radical (unpaired) electrons. The summed E-state index contributed by atoms with van der Waals surface area (Å²) >= 11 is 6.21. The van der Waals surface area contributed by atoms with E-state index >= 15 is 0 Å². The molecule has 170 valence electrons. The summed E-state index contributed by atoms with van der Waals surface area (Å²) in [5, 5.41) is 13.5. The van der Waals surface area contributed by atoms with Crippen molar-refractivity contribution in [3.05, 3.63) is 93.0 Å². The molecule has 0 saturated heterocycles. The summed E-state index contributed by atoms with van der Waals surface area (Å²) < 4.78 is 0. The highest BCUT2D eigenvalue weighted by Crippen LogP contribution is 2.36. The number of unbranched alkanes of at least 4 members (excludes halogenated alkanes) is 1. The molecule has 0 heterocycles. The smallest absolute Gasteiger partial charge is 0.332 e. The van der Waals surface area contributed by atoms with E-state index in [1.54, 1.807) is 32.0 Å². The number of benzene rings is 2. The molecule has 2 rings (SSSR count). The van der Waals surface area contributed by atoms with Crippen molar-refractivity contribution in [2.75, 3.05) is 6.54 Å². The second-order valence-electron chi connectivity index (χ2n) is 8.32. The number of aryl methyl sites for hydroxylation is 1. The fraction of sp³-hybridized carbons (Fsp3) is 0.333. The van der Waals surface area contributed by atoms with Crippen LogP contribution in [0.1, 0.15) is 57.6 Å². The average molecular weight is 454 g/mol. The zero-order valence-electron chi connectivity index (χ0n) is 19.2. The lowest BCUT2D eigenvalue weighted by Crippen LogP contribution is -2.31. The van der Waals surface area contributed by atoms with Gasteiger partial charge in [0.25, 0.3) is 0 Å². The Morgan fingerprint density at radius 1 is 0.906 bits per heavy atom. The van der Waals surface area contributed by atoms with Gasteiger partial charge in [0.15, 0.2) is 0 Å². The molecule has 2 aromatic carbocycles. The number of hydrogen-bond acceptors (Lipinski definition) is 2. The quantitative estimate of drug-likeness (QED) is 0.326. The van der Waals surface area contributed by atoms with Crippen LogP contribution in [0.2, 0.25) is 5.02 Å². The molecule has 0 aliphatic rings. The Balaban J connectivity index is 2.23. The molecule has 0 aromatic heterocycles. The van der Waals surface area contributed by atoms with Crippen LogP contribution in [0.5, 0.6) is 0 Å². The monoisotopic (exact) mass is 453 g/mol. The zero-order chi connectivity index (χ0) is 23.7. The molecule has 1 atom stereocenters. The number of rotatable bonds is 10. The maximum atomic E-state index is 13.2. The predicted molar refractivity (Wildman–Crippen MR) is 131 cm³/mol. The maximum Gasteiger partial charge on any atom is 0.332 e. The van der Waals surface area contributed by atoms with Crippen molar-refractivity contribution in [1.29, 1.82) is 0 Å². The first-order valence-corrected chi connectivity index (χ1v) is 11.3. The van der Waals surface area contributed by atoms with E-state index in [2.05, 4.69) is 17.4 Å². The molecular formula is C27H32ClNO3. The van der Waals surface area contributed by atoms with Gasteiger partial charge in [-0.15, -0.1) is 0 Å². The lowest BCUT2D eigenvalue weighted by Gasteiger charge is -2.24. The number of carbonyl (C=O) groups excluding carboxylic acids is 1. The molecule has 2 N–H and O–H groups in total. The highest BCUT2D eigenvalue weighted by molar-refractivity contribution is 6.30. The Morgan fingerprint density at radius 3 is 2.12 bits per heavy atom. The van der Waals surface area contributed by atoms with Gasteiger partial charge < -0.3 is 10.4 Å². The third-order valence-corrected chi connectivity index (χ3v) is 5.57. The second kappa shape index (κ2) is 12.3. The molecule has 0 bridgehead atoms. The van der Waals surface area contributed by atoms with E-state index in [4.69, 9.17) is 11.6 Å². The molecule has 2 aromatic rings. The van der Waals surface area contributed by atoms with Gasteiger partial charge in [0.1, 0.15) is 0 Å². The van der Waals surface area contributed by atoms with Crippen LogP contribution < -0.4 is 5.32 Å². The van der Waals surface area contributed by atoms with Crippen LogP contribution in [0, 0.1) is 0 Å². The maximum absolute atomic E-state index is 13.2. The SMILES string of the molecule is CC(C)=C(C(=O)O)C(C(C(=O)NCCCCc1ccccc1)=C(C)C)c1cccc(Cl)c1. The first-order valence-electron chi connectivity index (χ1n) is 10.9. The van der Waals surface area contributed by atoms with Crippen molar-refractivity contribution in [3.63, 3.8) is 0 Å². The van der Waals surface area contributed by atoms with Gasteiger partial charge in [-0.2, -0.15) is 0 Å². The number of hydrogen-bond donors (Lipinski definition) is 2. The Labute approximate surface area is 196 Å². The third kappa shape index (κ3) is 7.10. The van der Waals surface area contributed by atoms with Crippen LogP contribution in [0.15, 0.2) is 76.9 Å². The second-order valence-corrected chi connectivity index (χ2v) is 8.76. The Hall–Kier alpha value is -2.85. The molecule has 5 heteroatoms. The summed E-state index contributed by atoms with van der Waals surface area (Å²) in [6.45, 7) is 7.72. The van der Waals surface area contributed by atoms with Gasteiger partial charge in [0.05, 0.1) is 0 Å². The van der Waals surface area contributed by atoms with E-state index in [1.165, 1.54) is 5.56 Å². The first-order chi connectivity index (χ1) is 15.2. The Kier molecular flexibility index (Phi) is 9.73. The van der Waals surface area contributed by atoms with Gasteiger partial charge in [-0.3, -0.25) is 4.79 Å². The number of allylic oxidation sites excluding steroid dienone is 2. The van der Waals surface area contributed by atoms with Crippen molar-refractivity contribution in [1.82, 2.24) is 5.32 Å². The summed E-state index contributed by atoms with van der Waals surface area (Å²) in [5.74, 6) is -1.98. The fourth-order valence-electron chi connectivity index (χ4n) is 3.83. The van der Waals surface area contributed by atoms with Crippen molar-refractivity contribution in [2.45, 2.75) is 52.9 Å². The lowest BCUT2D eigenvalue weighted by atomic mass is 9.80. The molecule has 0 aliphatic carbocycles. The summed E-state index contributed by atoms with van der Waals surface area (Å²) in [7, 11) is 0. The van der Waals surface area contributed by atoms with Crippen LogP contribution >= 0.6 is 11.6 Å². The minimum atomic E-state index is -1.04. The molecule has 4 nitrogen and oxygen atoms in total. The van der Waals surface area contributed by atoms with Gasteiger partial charge in [-0.1, -0.05) is 65.2 Å². The van der Waals surface area contributed by atoms with Crippen LogP contribution in [0.4, 0.5) is 0 Å². The number of carboxylic acids is 1. The number of halogens is 1. The van der Waals surface area contributed by atoms with Crippen LogP contribution in [0.3, 0.4) is 0 Å². The number of nitrogens with one attached hydrogen (secondary N) is 1. The summed E-state index contributed by atoms with van der Waals surface area (Å²) in [6.07, 6.45) is 2.76. The number of carboxylic acid groups (broad SMARTS) is 1. The van der Waals surface area contributed by atoms with E-state index in [0.29, 0.717) is 28.3 Å². The van der Waals surface area contributed by atoms with Gasteiger partial charge in [-0.05, 0) is 70.2 Å². The molecular weight excluding hydrogens is 422 g/mol. The topological polar surface area (TPSA) is 66.4 Å². The van der Waals surface area contributed by atoms with Crippen LogP contribution in [0.25, 0.3) is 0 Å². The Bertz CT molecular complexity index is 1000.